The van der Waals surface area contributed by atoms with Crippen LogP contribution in [0, 0.1) is 0 Å². The predicted octanol–water partition coefficient (Wildman–Crippen LogP) is 15.5. The Kier molecular flexibility index (Phi) is 31.3. The number of hydrogen-bond acceptors (Lipinski definition) is 1. The number of hydrogen-bond donors (Lipinski definition) is 0. The molecule has 0 saturated heterocycles. The van der Waals surface area contributed by atoms with Gasteiger partial charge < -0.3 is 4.43 Å². The molecule has 0 saturated carbocycles. The highest BCUT2D eigenvalue weighted by Crippen LogP contribution is 2.36. The van der Waals surface area contributed by atoms with Gasteiger partial charge in [-0.1, -0.05) is 227 Å². The lowest BCUT2D eigenvalue weighted by molar-refractivity contribution is 0.277. The minimum Gasteiger partial charge on any atom is -0.417 e. The van der Waals surface area contributed by atoms with Crippen LogP contribution in [0.25, 0.3) is 0 Å². The van der Waals surface area contributed by atoms with Crippen molar-refractivity contribution in [2.24, 2.45) is 0 Å². The van der Waals surface area contributed by atoms with Gasteiger partial charge in [-0.05, 0) is 24.6 Å². The predicted molar refractivity (Wildman–Crippen MR) is 197 cm³/mol. The van der Waals surface area contributed by atoms with Gasteiger partial charge in [-0.2, -0.15) is 0 Å². The zero-order valence-electron chi connectivity index (χ0n) is 30.7. The molecule has 0 heterocycles. The molecule has 0 aliphatic carbocycles. The van der Waals surface area contributed by atoms with Crippen LogP contribution in [-0.4, -0.2) is 14.9 Å². The van der Waals surface area contributed by atoms with Crippen LogP contribution in [-0.2, 0) is 4.43 Å². The Hall–Kier alpha value is 0.177. The van der Waals surface area contributed by atoms with E-state index < -0.39 is 8.32 Å². The number of rotatable bonds is 34. The van der Waals surface area contributed by atoms with Crippen LogP contribution in [0.1, 0.15) is 233 Å². The number of unbranched alkanes of at least 4 members (excludes halogenated alkanes) is 31. The molecule has 254 valence electrons. The summed E-state index contributed by atoms with van der Waals surface area (Å²) in [6.07, 6.45) is 46.8. The molecule has 0 atom stereocenters. The van der Waals surface area contributed by atoms with E-state index in [2.05, 4.69) is 40.8 Å². The quantitative estimate of drug-likeness (QED) is 0.0521. The zero-order chi connectivity index (χ0) is 31.0. The Balaban J connectivity index is 3.12. The Labute approximate surface area is 270 Å². The molecule has 0 radical (unpaired) electrons. The highest BCUT2D eigenvalue weighted by Gasteiger charge is 2.36. The van der Waals surface area contributed by atoms with Gasteiger partial charge in [0.25, 0.3) is 0 Å². The van der Waals surface area contributed by atoms with E-state index in [-0.39, 0.29) is 0 Å². The van der Waals surface area contributed by atoms with Crippen molar-refractivity contribution in [1.82, 2.24) is 0 Å². The van der Waals surface area contributed by atoms with E-state index >= 15 is 0 Å². The normalized spacial score (nSPS) is 12.4. The fraction of sp³-hybridized carbons (Fsp3) is 1.00. The van der Waals surface area contributed by atoms with E-state index in [4.69, 9.17) is 4.43 Å². The molecule has 0 N–H and O–H groups in total. The SMILES string of the molecule is CCCCCCCCCCCCCCCCCCCCCCCCCCCCCCCCCCO[Si](C)(C)C(C)(C)C. The van der Waals surface area contributed by atoms with Crippen molar-refractivity contribution in [2.75, 3.05) is 6.61 Å². The van der Waals surface area contributed by atoms with Crippen molar-refractivity contribution in [3.05, 3.63) is 0 Å². The minimum atomic E-state index is -1.53. The van der Waals surface area contributed by atoms with E-state index in [9.17, 15) is 0 Å². The first-order valence-corrected chi connectivity index (χ1v) is 22.9. The molecule has 1 nitrogen and oxygen atoms in total. The third-order valence-electron chi connectivity index (χ3n) is 10.3. The van der Waals surface area contributed by atoms with Crippen LogP contribution in [0.2, 0.25) is 18.1 Å². The van der Waals surface area contributed by atoms with E-state index in [0.717, 1.165) is 6.61 Å². The maximum atomic E-state index is 6.30. The van der Waals surface area contributed by atoms with Gasteiger partial charge in [0, 0.05) is 6.61 Å². The summed E-state index contributed by atoms with van der Waals surface area (Å²) < 4.78 is 6.30. The van der Waals surface area contributed by atoms with Crippen molar-refractivity contribution in [1.29, 1.82) is 0 Å². The summed E-state index contributed by atoms with van der Waals surface area (Å²) in [6, 6.07) is 0. The monoisotopic (exact) mass is 609 g/mol. The van der Waals surface area contributed by atoms with E-state index in [0.29, 0.717) is 5.04 Å². The summed E-state index contributed by atoms with van der Waals surface area (Å²) >= 11 is 0. The lowest BCUT2D eigenvalue weighted by Gasteiger charge is -2.36. The second kappa shape index (κ2) is 31.2. The molecule has 0 amide bonds. The molecule has 0 aromatic rings. The molecule has 0 fully saturated rings. The van der Waals surface area contributed by atoms with Gasteiger partial charge in [-0.3, -0.25) is 0 Å². The van der Waals surface area contributed by atoms with Gasteiger partial charge >= 0.3 is 0 Å². The maximum Gasteiger partial charge on any atom is 0.191 e. The third kappa shape index (κ3) is 30.2. The topological polar surface area (TPSA) is 9.23 Å². The van der Waals surface area contributed by atoms with Gasteiger partial charge in [0.2, 0.25) is 0 Å². The molecular weight excluding hydrogens is 525 g/mol. The summed E-state index contributed by atoms with van der Waals surface area (Å²) in [5.41, 5.74) is 0. The summed E-state index contributed by atoms with van der Waals surface area (Å²) in [5, 5.41) is 0.345. The van der Waals surface area contributed by atoms with Gasteiger partial charge in [-0.25, -0.2) is 0 Å². The van der Waals surface area contributed by atoms with Crippen LogP contribution >= 0.6 is 0 Å². The second-order valence-corrected chi connectivity index (χ2v) is 20.4. The Morgan fingerprint density at radius 2 is 0.524 bits per heavy atom. The van der Waals surface area contributed by atoms with E-state index in [1.54, 1.807) is 0 Å². The molecule has 2 heteroatoms. The lowest BCUT2D eigenvalue weighted by atomic mass is 10.0. The fourth-order valence-corrected chi connectivity index (χ4v) is 7.11. The molecule has 0 aromatic heterocycles. The van der Waals surface area contributed by atoms with Crippen molar-refractivity contribution in [3.8, 4) is 0 Å². The van der Waals surface area contributed by atoms with Crippen LogP contribution in [0.4, 0.5) is 0 Å². The van der Waals surface area contributed by atoms with E-state index in [1.165, 1.54) is 205 Å². The van der Waals surface area contributed by atoms with Crippen molar-refractivity contribution >= 4 is 8.32 Å². The highest BCUT2D eigenvalue weighted by molar-refractivity contribution is 6.74. The first kappa shape index (κ1) is 42.2. The molecule has 0 aromatic carbocycles. The molecule has 42 heavy (non-hydrogen) atoms. The first-order chi connectivity index (χ1) is 20.3. The van der Waals surface area contributed by atoms with Crippen LogP contribution in [0.15, 0.2) is 0 Å². The van der Waals surface area contributed by atoms with Gasteiger partial charge in [0.1, 0.15) is 0 Å². The summed E-state index contributed by atoms with van der Waals surface area (Å²) in [7, 11) is -1.53. The maximum absolute atomic E-state index is 6.30. The Morgan fingerprint density at radius 1 is 0.333 bits per heavy atom. The van der Waals surface area contributed by atoms with Crippen molar-refractivity contribution in [2.45, 2.75) is 251 Å². The summed E-state index contributed by atoms with van der Waals surface area (Å²) in [5.74, 6) is 0. The van der Waals surface area contributed by atoms with Crippen LogP contribution < -0.4 is 0 Å². The third-order valence-corrected chi connectivity index (χ3v) is 14.8. The van der Waals surface area contributed by atoms with E-state index in [1.807, 2.05) is 0 Å². The van der Waals surface area contributed by atoms with Crippen molar-refractivity contribution < 1.29 is 4.43 Å². The Bertz CT molecular complexity index is 508. The Morgan fingerprint density at radius 3 is 0.714 bits per heavy atom. The smallest absolute Gasteiger partial charge is 0.191 e. The van der Waals surface area contributed by atoms with Crippen LogP contribution in [0.5, 0.6) is 0 Å². The lowest BCUT2D eigenvalue weighted by Crippen LogP contribution is -2.40. The summed E-state index contributed by atoms with van der Waals surface area (Å²) in [4.78, 5) is 0. The highest BCUT2D eigenvalue weighted by atomic mass is 28.4. The molecule has 0 unspecified atom stereocenters. The zero-order valence-corrected chi connectivity index (χ0v) is 31.7. The second-order valence-electron chi connectivity index (χ2n) is 15.6. The van der Waals surface area contributed by atoms with Gasteiger partial charge in [0.05, 0.1) is 0 Å². The van der Waals surface area contributed by atoms with Gasteiger partial charge in [0.15, 0.2) is 8.32 Å². The molecule has 0 rings (SSSR count). The van der Waals surface area contributed by atoms with Crippen molar-refractivity contribution in [3.63, 3.8) is 0 Å². The largest absolute Gasteiger partial charge is 0.417 e. The summed E-state index contributed by atoms with van der Waals surface area (Å²) in [6.45, 7) is 15.0. The minimum absolute atomic E-state index is 0.345. The first-order valence-electron chi connectivity index (χ1n) is 19.9. The van der Waals surface area contributed by atoms with Gasteiger partial charge in [-0.15, -0.1) is 0 Å². The molecular formula is C40H84OSi. The molecule has 0 aliphatic heterocycles. The molecule has 0 spiro atoms. The molecule has 0 aliphatic rings. The molecule has 0 bridgehead atoms. The van der Waals surface area contributed by atoms with Crippen LogP contribution in [0.3, 0.4) is 0 Å². The average molecular weight is 609 g/mol. The fourth-order valence-electron chi connectivity index (χ4n) is 6.02. The average Bonchev–Trinajstić information content (AvgIpc) is 2.95. The standard InChI is InChI=1S/C40H84OSi/c1-7-8-9-10-11-12-13-14-15-16-17-18-19-20-21-22-23-24-25-26-27-28-29-30-31-32-33-34-35-36-37-38-39-41-42(5,6)40(2,3)4/h7-39H2,1-6H3.